The van der Waals surface area contributed by atoms with Gasteiger partial charge >= 0.3 is 5.97 Å². The molecule has 0 radical (unpaired) electrons. The average Bonchev–Trinajstić information content (AvgIpc) is 2.44. The zero-order valence-electron chi connectivity index (χ0n) is 11.3. The fourth-order valence-corrected chi connectivity index (χ4v) is 1.90. The molecule has 0 aliphatic carbocycles. The standard InChI is InChI=1S/C14H15BrFNO4/c1-21-7-6-12(14(19)20)17-13(18)5-2-9-8-10(15)3-4-11(9)16/h2-5,8,12H,6-7H2,1H3,(H,17,18)(H,19,20). The lowest BCUT2D eigenvalue weighted by molar-refractivity contribution is -0.141. The van der Waals surface area contributed by atoms with Gasteiger partial charge in [-0.2, -0.15) is 0 Å². The van der Waals surface area contributed by atoms with Crippen LogP contribution in [-0.4, -0.2) is 36.7 Å². The second-order valence-corrected chi connectivity index (χ2v) is 5.10. The quantitative estimate of drug-likeness (QED) is 0.731. The molecule has 21 heavy (non-hydrogen) atoms. The van der Waals surface area contributed by atoms with E-state index in [1.54, 1.807) is 0 Å². The lowest BCUT2D eigenvalue weighted by Crippen LogP contribution is -2.40. The van der Waals surface area contributed by atoms with Crippen molar-refractivity contribution in [3.05, 3.63) is 40.1 Å². The van der Waals surface area contributed by atoms with Crippen LogP contribution < -0.4 is 5.32 Å². The molecule has 0 heterocycles. The molecule has 1 aromatic carbocycles. The number of nitrogens with one attached hydrogen (secondary N) is 1. The molecule has 114 valence electrons. The zero-order valence-corrected chi connectivity index (χ0v) is 12.9. The van der Waals surface area contributed by atoms with E-state index in [0.717, 1.165) is 6.08 Å². The summed E-state index contributed by atoms with van der Waals surface area (Å²) >= 11 is 3.20. The molecule has 5 nitrogen and oxygen atoms in total. The number of benzene rings is 1. The summed E-state index contributed by atoms with van der Waals surface area (Å²) in [5.74, 6) is -2.24. The van der Waals surface area contributed by atoms with Crippen LogP contribution in [0.2, 0.25) is 0 Å². The Kier molecular flexibility index (Phi) is 7.04. The van der Waals surface area contributed by atoms with Gasteiger partial charge in [0.2, 0.25) is 5.91 Å². The van der Waals surface area contributed by atoms with Crippen LogP contribution in [0.1, 0.15) is 12.0 Å². The Morgan fingerprint density at radius 1 is 1.52 bits per heavy atom. The van der Waals surface area contributed by atoms with Gasteiger partial charge in [0, 0.05) is 36.2 Å². The number of hydrogen-bond donors (Lipinski definition) is 2. The van der Waals surface area contributed by atoms with Gasteiger partial charge < -0.3 is 15.2 Å². The molecule has 1 rings (SSSR count). The molecule has 1 atom stereocenters. The number of methoxy groups -OCH3 is 1. The van der Waals surface area contributed by atoms with E-state index in [0.29, 0.717) is 4.47 Å². The Labute approximate surface area is 129 Å². The molecule has 0 saturated heterocycles. The number of amides is 1. The van der Waals surface area contributed by atoms with Crippen LogP contribution in [-0.2, 0) is 14.3 Å². The lowest BCUT2D eigenvalue weighted by atomic mass is 10.2. The molecule has 0 fully saturated rings. The molecule has 0 aliphatic rings. The van der Waals surface area contributed by atoms with Crippen LogP contribution in [0.4, 0.5) is 4.39 Å². The molecule has 1 amide bonds. The van der Waals surface area contributed by atoms with Crippen LogP contribution in [0.25, 0.3) is 6.08 Å². The summed E-state index contributed by atoms with van der Waals surface area (Å²) in [6.45, 7) is 0.210. The van der Waals surface area contributed by atoms with Crippen molar-refractivity contribution < 1.29 is 23.8 Å². The smallest absolute Gasteiger partial charge is 0.326 e. The zero-order chi connectivity index (χ0) is 15.8. The first-order valence-electron chi connectivity index (χ1n) is 6.09. The second-order valence-electron chi connectivity index (χ2n) is 4.18. The molecular formula is C14H15BrFNO4. The van der Waals surface area contributed by atoms with Gasteiger partial charge in [0.25, 0.3) is 0 Å². The third-order valence-corrected chi connectivity index (χ3v) is 3.09. The van der Waals surface area contributed by atoms with E-state index in [1.165, 1.54) is 31.4 Å². The summed E-state index contributed by atoms with van der Waals surface area (Å²) in [7, 11) is 1.44. The summed E-state index contributed by atoms with van der Waals surface area (Å²) in [6, 6.07) is 3.27. The molecular weight excluding hydrogens is 345 g/mol. The number of carbonyl (C=O) groups excluding carboxylic acids is 1. The molecule has 2 N–H and O–H groups in total. The predicted octanol–water partition coefficient (Wildman–Crippen LogP) is 2.21. The number of carbonyl (C=O) groups is 2. The van der Waals surface area contributed by atoms with Gasteiger partial charge in [0.05, 0.1) is 0 Å². The maximum absolute atomic E-state index is 13.5. The Morgan fingerprint density at radius 2 is 2.24 bits per heavy atom. The molecule has 1 aromatic rings. The summed E-state index contributed by atoms with van der Waals surface area (Å²) in [6.07, 6.45) is 2.52. The Hall–Kier alpha value is -1.73. The molecule has 1 unspecified atom stereocenters. The summed E-state index contributed by atoms with van der Waals surface area (Å²) < 4.78 is 18.9. The first kappa shape index (κ1) is 17.3. The van der Waals surface area contributed by atoms with Crippen LogP contribution in [0.5, 0.6) is 0 Å². The largest absolute Gasteiger partial charge is 0.480 e. The van der Waals surface area contributed by atoms with Crippen molar-refractivity contribution >= 4 is 33.9 Å². The molecule has 0 aromatic heterocycles. The fraction of sp³-hybridized carbons (Fsp3) is 0.286. The van der Waals surface area contributed by atoms with E-state index in [-0.39, 0.29) is 18.6 Å². The van der Waals surface area contributed by atoms with Crippen LogP contribution >= 0.6 is 15.9 Å². The SMILES string of the molecule is COCCC(NC(=O)C=Cc1cc(Br)ccc1F)C(=O)O. The van der Waals surface area contributed by atoms with E-state index in [1.807, 2.05) is 0 Å². The topological polar surface area (TPSA) is 75.6 Å². The lowest BCUT2D eigenvalue weighted by Gasteiger charge is -2.12. The van der Waals surface area contributed by atoms with Crippen molar-refractivity contribution in [3.63, 3.8) is 0 Å². The van der Waals surface area contributed by atoms with Crippen molar-refractivity contribution in [2.75, 3.05) is 13.7 Å². The number of carboxylic acids is 1. The number of hydrogen-bond acceptors (Lipinski definition) is 3. The third kappa shape index (κ3) is 6.05. The van der Waals surface area contributed by atoms with Crippen molar-refractivity contribution in [1.82, 2.24) is 5.32 Å². The Bertz CT molecular complexity index is 548. The van der Waals surface area contributed by atoms with E-state index >= 15 is 0 Å². The number of carboxylic acid groups (broad SMARTS) is 1. The normalized spacial score (nSPS) is 12.3. The molecule has 0 aliphatic heterocycles. The van der Waals surface area contributed by atoms with E-state index in [4.69, 9.17) is 9.84 Å². The minimum Gasteiger partial charge on any atom is -0.480 e. The van der Waals surface area contributed by atoms with Gasteiger partial charge in [-0.15, -0.1) is 0 Å². The van der Waals surface area contributed by atoms with Crippen molar-refractivity contribution in [2.24, 2.45) is 0 Å². The summed E-state index contributed by atoms with van der Waals surface area (Å²) in [5.41, 5.74) is 0.225. The monoisotopic (exact) mass is 359 g/mol. The minimum atomic E-state index is -1.15. The predicted molar refractivity (Wildman–Crippen MR) is 79.2 cm³/mol. The highest BCUT2D eigenvalue weighted by atomic mass is 79.9. The molecule has 0 spiro atoms. The number of halogens is 2. The maximum atomic E-state index is 13.5. The Morgan fingerprint density at radius 3 is 2.86 bits per heavy atom. The number of ether oxygens (including phenoxy) is 1. The highest BCUT2D eigenvalue weighted by molar-refractivity contribution is 9.10. The molecule has 7 heteroatoms. The van der Waals surface area contributed by atoms with E-state index < -0.39 is 23.7 Å². The number of rotatable bonds is 7. The highest BCUT2D eigenvalue weighted by Crippen LogP contribution is 2.16. The van der Waals surface area contributed by atoms with Gasteiger partial charge in [-0.1, -0.05) is 15.9 Å². The van der Waals surface area contributed by atoms with Crippen LogP contribution in [0, 0.1) is 5.82 Å². The van der Waals surface area contributed by atoms with Crippen molar-refractivity contribution in [1.29, 1.82) is 0 Å². The first-order chi connectivity index (χ1) is 9.93. The third-order valence-electron chi connectivity index (χ3n) is 2.60. The molecule has 0 bridgehead atoms. The van der Waals surface area contributed by atoms with Crippen LogP contribution in [0.15, 0.2) is 28.7 Å². The first-order valence-corrected chi connectivity index (χ1v) is 6.88. The van der Waals surface area contributed by atoms with Gasteiger partial charge in [-0.25, -0.2) is 9.18 Å². The van der Waals surface area contributed by atoms with Crippen LogP contribution in [0.3, 0.4) is 0 Å². The summed E-state index contributed by atoms with van der Waals surface area (Å²) in [5, 5.41) is 11.3. The number of aliphatic carboxylic acids is 1. The van der Waals surface area contributed by atoms with Gasteiger partial charge in [-0.05, 0) is 24.3 Å². The average molecular weight is 360 g/mol. The van der Waals surface area contributed by atoms with Gasteiger partial charge in [0.1, 0.15) is 11.9 Å². The summed E-state index contributed by atoms with van der Waals surface area (Å²) in [4.78, 5) is 22.6. The molecule has 0 saturated carbocycles. The maximum Gasteiger partial charge on any atom is 0.326 e. The van der Waals surface area contributed by atoms with E-state index in [2.05, 4.69) is 21.2 Å². The van der Waals surface area contributed by atoms with Gasteiger partial charge in [-0.3, -0.25) is 4.79 Å². The van der Waals surface area contributed by atoms with E-state index in [9.17, 15) is 14.0 Å². The Balaban J connectivity index is 2.68. The second kappa shape index (κ2) is 8.53. The fourth-order valence-electron chi connectivity index (χ4n) is 1.52. The van der Waals surface area contributed by atoms with Crippen molar-refractivity contribution in [3.8, 4) is 0 Å². The van der Waals surface area contributed by atoms with Crippen molar-refractivity contribution in [2.45, 2.75) is 12.5 Å². The van der Waals surface area contributed by atoms with Gasteiger partial charge in [0.15, 0.2) is 0 Å². The minimum absolute atomic E-state index is 0.149. The highest BCUT2D eigenvalue weighted by Gasteiger charge is 2.18.